The fraction of sp³-hybridized carbons (Fsp3) is 0.238. The van der Waals surface area contributed by atoms with Gasteiger partial charge in [0.15, 0.2) is 0 Å². The zero-order valence-corrected chi connectivity index (χ0v) is 15.0. The monoisotopic (exact) mass is 365 g/mol. The van der Waals surface area contributed by atoms with E-state index < -0.39 is 11.7 Å². The Bertz CT molecular complexity index is 1040. The molecule has 0 saturated carbocycles. The predicted octanol–water partition coefficient (Wildman–Crippen LogP) is 2.27. The van der Waals surface area contributed by atoms with Crippen molar-refractivity contribution in [2.24, 2.45) is 0 Å². The summed E-state index contributed by atoms with van der Waals surface area (Å²) in [4.78, 5) is 28.9. The van der Waals surface area contributed by atoms with Gasteiger partial charge in [-0.3, -0.25) is 4.79 Å². The Labute approximate surface area is 155 Å². The fourth-order valence-corrected chi connectivity index (χ4v) is 3.59. The first kappa shape index (κ1) is 17.4. The number of H-pyrrole nitrogens is 1. The van der Waals surface area contributed by atoms with Crippen molar-refractivity contribution >= 4 is 0 Å². The molecule has 2 heterocycles. The first-order valence-electron chi connectivity index (χ1n) is 8.94. The Kier molecular flexibility index (Phi) is 4.49. The Morgan fingerprint density at radius 1 is 1.00 bits per heavy atom. The van der Waals surface area contributed by atoms with Crippen molar-refractivity contribution in [3.8, 4) is 0 Å². The lowest BCUT2D eigenvalue weighted by atomic mass is 9.97. The van der Waals surface area contributed by atoms with Crippen LogP contribution in [0.4, 0.5) is 4.39 Å². The van der Waals surface area contributed by atoms with Gasteiger partial charge in [0.05, 0.1) is 6.04 Å². The van der Waals surface area contributed by atoms with Gasteiger partial charge < -0.3 is 10.3 Å². The summed E-state index contributed by atoms with van der Waals surface area (Å²) >= 11 is 0. The molecule has 0 radical (unpaired) electrons. The van der Waals surface area contributed by atoms with Crippen molar-refractivity contribution in [3.63, 3.8) is 0 Å². The number of aromatic amines is 1. The average Bonchev–Trinajstić information content (AvgIpc) is 2.67. The van der Waals surface area contributed by atoms with E-state index in [0.29, 0.717) is 36.3 Å². The van der Waals surface area contributed by atoms with Crippen molar-refractivity contribution < 1.29 is 4.39 Å². The smallest absolute Gasteiger partial charge is 0.311 e. The second-order valence-electron chi connectivity index (χ2n) is 6.85. The van der Waals surface area contributed by atoms with E-state index >= 15 is 0 Å². The van der Waals surface area contributed by atoms with Gasteiger partial charge in [0.1, 0.15) is 5.82 Å². The van der Waals surface area contributed by atoms with Crippen LogP contribution in [-0.2, 0) is 13.0 Å². The number of aromatic nitrogens is 2. The zero-order chi connectivity index (χ0) is 19.0. The van der Waals surface area contributed by atoms with Crippen LogP contribution in [0.15, 0.2) is 58.1 Å². The molecule has 0 spiro atoms. The summed E-state index contributed by atoms with van der Waals surface area (Å²) in [5, 5.41) is 3.16. The van der Waals surface area contributed by atoms with Crippen molar-refractivity contribution in [2.75, 3.05) is 6.54 Å². The van der Waals surface area contributed by atoms with Crippen molar-refractivity contribution in [3.05, 3.63) is 103 Å². The van der Waals surface area contributed by atoms with Crippen LogP contribution < -0.4 is 16.6 Å². The summed E-state index contributed by atoms with van der Waals surface area (Å²) in [5.74, 6) is -0.362. The summed E-state index contributed by atoms with van der Waals surface area (Å²) < 4.78 is 14.7. The molecule has 2 aromatic carbocycles. The van der Waals surface area contributed by atoms with E-state index in [9.17, 15) is 14.0 Å². The molecule has 1 aliphatic heterocycles. The van der Waals surface area contributed by atoms with Crippen LogP contribution in [0.3, 0.4) is 0 Å². The summed E-state index contributed by atoms with van der Waals surface area (Å²) in [6.07, 6.45) is 0.564. The standard InChI is InChI=1S/C21H20FN3O2/c1-13-2-4-14(5-3-13)19(15-6-8-16(22)9-7-15)25-20(26)17-10-11-23-12-18(17)24-21(25)27/h2-9,19,23H,10-12H2,1H3,(H,24,27). The quantitative estimate of drug-likeness (QED) is 0.748. The molecular formula is C21H20FN3O2. The molecule has 0 bridgehead atoms. The molecule has 3 aromatic rings. The molecule has 2 N–H and O–H groups in total. The minimum Gasteiger partial charge on any atom is -0.311 e. The maximum absolute atomic E-state index is 13.4. The van der Waals surface area contributed by atoms with Crippen LogP contribution >= 0.6 is 0 Å². The summed E-state index contributed by atoms with van der Waals surface area (Å²) in [5.41, 5.74) is 3.09. The van der Waals surface area contributed by atoms with Gasteiger partial charge in [-0.15, -0.1) is 0 Å². The Balaban J connectivity index is 1.97. The highest BCUT2D eigenvalue weighted by molar-refractivity contribution is 5.35. The lowest BCUT2D eigenvalue weighted by Crippen LogP contribution is -2.44. The Hall–Kier alpha value is -2.99. The minimum absolute atomic E-state index is 0.287. The summed E-state index contributed by atoms with van der Waals surface area (Å²) in [6, 6.07) is 13.0. The van der Waals surface area contributed by atoms with Gasteiger partial charge in [-0.1, -0.05) is 42.0 Å². The normalized spacial score (nSPS) is 14.6. The second kappa shape index (κ2) is 6.96. The molecule has 6 heteroatoms. The number of rotatable bonds is 3. The Morgan fingerprint density at radius 2 is 1.63 bits per heavy atom. The largest absolute Gasteiger partial charge is 0.329 e. The topological polar surface area (TPSA) is 66.9 Å². The van der Waals surface area contributed by atoms with Gasteiger partial charge >= 0.3 is 5.69 Å². The molecule has 1 atom stereocenters. The summed E-state index contributed by atoms with van der Waals surface area (Å²) in [7, 11) is 0. The number of hydrogen-bond acceptors (Lipinski definition) is 3. The lowest BCUT2D eigenvalue weighted by molar-refractivity contribution is 0.553. The molecule has 0 fully saturated rings. The maximum atomic E-state index is 13.4. The molecule has 4 rings (SSSR count). The van der Waals surface area contributed by atoms with Crippen LogP contribution in [0.2, 0.25) is 0 Å². The van der Waals surface area contributed by atoms with E-state index in [2.05, 4.69) is 10.3 Å². The number of nitrogens with one attached hydrogen (secondary N) is 2. The molecule has 0 aliphatic carbocycles. The Morgan fingerprint density at radius 3 is 2.30 bits per heavy atom. The highest BCUT2D eigenvalue weighted by Crippen LogP contribution is 2.25. The molecule has 1 aromatic heterocycles. The highest BCUT2D eigenvalue weighted by atomic mass is 19.1. The molecular weight excluding hydrogens is 345 g/mol. The van der Waals surface area contributed by atoms with Gasteiger partial charge in [0.2, 0.25) is 0 Å². The SMILES string of the molecule is Cc1ccc(C(c2ccc(F)cc2)n2c(=O)[nH]c3c(c2=O)CCNC3)cc1. The first-order chi connectivity index (χ1) is 13.0. The van der Waals surface area contributed by atoms with Crippen LogP contribution in [0, 0.1) is 12.7 Å². The molecule has 0 amide bonds. The number of aryl methyl sites for hydroxylation is 1. The molecule has 1 unspecified atom stereocenters. The lowest BCUT2D eigenvalue weighted by Gasteiger charge is -2.23. The number of hydrogen-bond donors (Lipinski definition) is 2. The number of halogens is 1. The highest BCUT2D eigenvalue weighted by Gasteiger charge is 2.24. The van der Waals surface area contributed by atoms with Gasteiger partial charge in [0, 0.05) is 17.8 Å². The molecule has 0 saturated heterocycles. The van der Waals surface area contributed by atoms with E-state index in [0.717, 1.165) is 11.1 Å². The van der Waals surface area contributed by atoms with E-state index in [1.54, 1.807) is 12.1 Å². The maximum Gasteiger partial charge on any atom is 0.329 e. The van der Waals surface area contributed by atoms with Gasteiger partial charge in [0.25, 0.3) is 5.56 Å². The minimum atomic E-state index is -0.623. The molecule has 1 aliphatic rings. The van der Waals surface area contributed by atoms with Crippen molar-refractivity contribution in [2.45, 2.75) is 25.9 Å². The molecule has 27 heavy (non-hydrogen) atoms. The molecule has 138 valence electrons. The predicted molar refractivity (Wildman–Crippen MR) is 102 cm³/mol. The third-order valence-corrected chi connectivity index (χ3v) is 5.01. The van der Waals surface area contributed by atoms with Gasteiger partial charge in [-0.05, 0) is 43.1 Å². The van der Waals surface area contributed by atoms with Crippen LogP contribution in [0.25, 0.3) is 0 Å². The number of benzene rings is 2. The van der Waals surface area contributed by atoms with Gasteiger partial charge in [-0.2, -0.15) is 0 Å². The molecule has 5 nitrogen and oxygen atoms in total. The zero-order valence-electron chi connectivity index (χ0n) is 15.0. The van der Waals surface area contributed by atoms with Crippen LogP contribution in [-0.4, -0.2) is 16.1 Å². The van der Waals surface area contributed by atoms with E-state index in [4.69, 9.17) is 0 Å². The third-order valence-electron chi connectivity index (χ3n) is 5.01. The van der Waals surface area contributed by atoms with Crippen molar-refractivity contribution in [1.82, 2.24) is 14.9 Å². The fourth-order valence-electron chi connectivity index (χ4n) is 3.59. The third kappa shape index (κ3) is 3.24. The van der Waals surface area contributed by atoms with E-state index in [-0.39, 0.29) is 11.4 Å². The average molecular weight is 365 g/mol. The van der Waals surface area contributed by atoms with E-state index in [1.165, 1.54) is 16.7 Å². The van der Waals surface area contributed by atoms with Crippen LogP contribution in [0.1, 0.15) is 34.0 Å². The van der Waals surface area contributed by atoms with Crippen LogP contribution in [0.5, 0.6) is 0 Å². The van der Waals surface area contributed by atoms with Crippen molar-refractivity contribution in [1.29, 1.82) is 0 Å². The number of nitrogens with zero attached hydrogens (tertiary/aromatic N) is 1. The number of fused-ring (bicyclic) bond motifs is 1. The summed E-state index contributed by atoms with van der Waals surface area (Å²) in [6.45, 7) is 3.15. The first-order valence-corrected chi connectivity index (χ1v) is 8.94. The van der Waals surface area contributed by atoms with E-state index in [1.807, 2.05) is 31.2 Å². The van der Waals surface area contributed by atoms with Gasteiger partial charge in [-0.25, -0.2) is 13.8 Å². The second-order valence-corrected chi connectivity index (χ2v) is 6.85.